The molecule has 0 amide bonds. The van der Waals surface area contributed by atoms with Gasteiger partial charge in [-0.2, -0.15) is 0 Å². The van der Waals surface area contributed by atoms with Crippen molar-refractivity contribution in [3.63, 3.8) is 0 Å². The maximum absolute atomic E-state index is 14.2. The summed E-state index contributed by atoms with van der Waals surface area (Å²) in [6.07, 6.45) is 3.79. The van der Waals surface area contributed by atoms with Crippen molar-refractivity contribution in [2.45, 2.75) is 32.7 Å². The largest absolute Gasteiger partial charge is 0.496 e. The smallest absolute Gasteiger partial charge is 0.271 e. The molecule has 1 aliphatic heterocycles. The Balaban J connectivity index is 1.45. The third-order valence-corrected chi connectivity index (χ3v) is 9.66. The number of aromatic nitrogens is 2. The second kappa shape index (κ2) is 10.2. The molecule has 7 heteroatoms. The lowest BCUT2D eigenvalue weighted by atomic mass is 9.83. The first-order chi connectivity index (χ1) is 19.9. The van der Waals surface area contributed by atoms with E-state index in [0.29, 0.717) is 9.33 Å². The van der Waals surface area contributed by atoms with Crippen LogP contribution in [0.3, 0.4) is 0 Å². The van der Waals surface area contributed by atoms with Gasteiger partial charge < -0.3 is 9.30 Å². The third-order valence-electron chi connectivity index (χ3n) is 8.15. The fourth-order valence-electron chi connectivity index (χ4n) is 6.25. The van der Waals surface area contributed by atoms with Crippen LogP contribution in [0.5, 0.6) is 5.75 Å². The van der Waals surface area contributed by atoms with Crippen molar-refractivity contribution in [1.82, 2.24) is 9.13 Å². The highest BCUT2D eigenvalue weighted by molar-refractivity contribution is 9.10. The fraction of sp³-hybridized carbons (Fsp3) is 0.176. The molecule has 5 nitrogen and oxygen atoms in total. The fourth-order valence-corrected chi connectivity index (χ4v) is 7.51. The first kappa shape index (κ1) is 26.0. The van der Waals surface area contributed by atoms with Crippen molar-refractivity contribution < 1.29 is 4.74 Å². The Labute approximate surface area is 250 Å². The van der Waals surface area contributed by atoms with Gasteiger partial charge >= 0.3 is 0 Å². The van der Waals surface area contributed by atoms with Crippen LogP contribution in [0.2, 0.25) is 0 Å². The number of hydrogen-bond donors (Lipinski definition) is 0. The number of nitrogens with zero attached hydrogens (tertiary/aromatic N) is 3. The van der Waals surface area contributed by atoms with Gasteiger partial charge in [0.2, 0.25) is 0 Å². The summed E-state index contributed by atoms with van der Waals surface area (Å²) in [4.78, 5) is 20.1. The predicted octanol–water partition coefficient (Wildman–Crippen LogP) is 6.50. The van der Waals surface area contributed by atoms with Crippen LogP contribution in [0.4, 0.5) is 0 Å². The number of fused-ring (bicyclic) bond motifs is 3. The van der Waals surface area contributed by atoms with E-state index in [-0.39, 0.29) is 11.6 Å². The second-order valence-corrected chi connectivity index (χ2v) is 12.4. The lowest BCUT2D eigenvalue weighted by molar-refractivity contribution is 0.402. The van der Waals surface area contributed by atoms with E-state index in [9.17, 15) is 4.79 Å². The van der Waals surface area contributed by atoms with E-state index in [1.54, 1.807) is 7.11 Å². The van der Waals surface area contributed by atoms with Crippen LogP contribution in [0.1, 0.15) is 46.1 Å². The van der Waals surface area contributed by atoms with E-state index < -0.39 is 0 Å². The number of halogens is 1. The van der Waals surface area contributed by atoms with Gasteiger partial charge in [-0.25, -0.2) is 4.99 Å². The Kier molecular flexibility index (Phi) is 6.44. The molecule has 0 bridgehead atoms. The van der Waals surface area contributed by atoms with Gasteiger partial charge in [-0.3, -0.25) is 9.36 Å². The molecule has 3 aromatic carbocycles. The molecular formula is C34H28BrN3O2S. The number of thiazole rings is 1. The average molecular weight is 623 g/mol. The number of rotatable bonds is 4. The number of allylic oxidation sites excluding steroid dienone is 1. The minimum atomic E-state index is -0.275. The molecule has 0 fully saturated rings. The van der Waals surface area contributed by atoms with Gasteiger partial charge in [-0.05, 0) is 85.9 Å². The lowest BCUT2D eigenvalue weighted by Crippen LogP contribution is -2.39. The van der Waals surface area contributed by atoms with Gasteiger partial charge in [-0.1, -0.05) is 69.7 Å². The van der Waals surface area contributed by atoms with Crippen molar-refractivity contribution in [3.8, 4) is 11.4 Å². The summed E-state index contributed by atoms with van der Waals surface area (Å²) in [5, 5.41) is 0. The Bertz CT molecular complexity index is 2050. The highest BCUT2D eigenvalue weighted by Crippen LogP contribution is 2.43. The van der Waals surface area contributed by atoms with Crippen molar-refractivity contribution in [2.24, 2.45) is 4.99 Å². The van der Waals surface area contributed by atoms with Gasteiger partial charge in [0.25, 0.3) is 5.56 Å². The summed E-state index contributed by atoms with van der Waals surface area (Å²) in [7, 11) is 1.69. The molecular weight excluding hydrogens is 594 g/mol. The SMILES string of the molecule is COc1ccccc1[C@@H]1C2=C(N=c3s/c(=C/c4cc(C)n(-c5ccc(Br)cc5)c4C)c(=O)n31)c1ccccc1CC2. The molecule has 1 aliphatic carbocycles. The first-order valence-electron chi connectivity index (χ1n) is 13.7. The molecule has 2 aromatic heterocycles. The van der Waals surface area contributed by atoms with Crippen molar-refractivity contribution in [1.29, 1.82) is 0 Å². The van der Waals surface area contributed by atoms with E-state index in [1.807, 2.05) is 41.0 Å². The summed E-state index contributed by atoms with van der Waals surface area (Å²) in [6.45, 7) is 4.20. The molecule has 0 radical (unpaired) electrons. The van der Waals surface area contributed by atoms with Crippen LogP contribution < -0.4 is 19.6 Å². The predicted molar refractivity (Wildman–Crippen MR) is 169 cm³/mol. The van der Waals surface area contributed by atoms with Crippen LogP contribution in [-0.2, 0) is 6.42 Å². The molecule has 41 heavy (non-hydrogen) atoms. The molecule has 0 unspecified atom stereocenters. The highest BCUT2D eigenvalue weighted by Gasteiger charge is 2.34. The Morgan fingerprint density at radius 1 is 1.00 bits per heavy atom. The summed E-state index contributed by atoms with van der Waals surface area (Å²) in [5.74, 6) is 0.776. The van der Waals surface area contributed by atoms with Crippen molar-refractivity contribution >= 4 is 39.0 Å². The van der Waals surface area contributed by atoms with Gasteiger partial charge in [0.05, 0.1) is 23.4 Å². The zero-order valence-corrected chi connectivity index (χ0v) is 25.4. The number of methoxy groups -OCH3 is 1. The van der Waals surface area contributed by atoms with Gasteiger partial charge in [-0.15, -0.1) is 0 Å². The zero-order chi connectivity index (χ0) is 28.2. The number of aryl methyl sites for hydroxylation is 2. The molecule has 5 aromatic rings. The number of benzene rings is 3. The molecule has 2 aliphatic rings. The van der Waals surface area contributed by atoms with Gasteiger partial charge in [0.15, 0.2) is 4.80 Å². The summed E-state index contributed by atoms with van der Waals surface area (Å²) in [6, 6.07) is 26.7. The number of ether oxygens (including phenoxy) is 1. The molecule has 0 saturated heterocycles. The minimum Gasteiger partial charge on any atom is -0.496 e. The molecule has 3 heterocycles. The van der Waals surface area contributed by atoms with E-state index in [2.05, 4.69) is 82.9 Å². The molecule has 0 saturated carbocycles. The normalized spacial score (nSPS) is 16.2. The Hall–Kier alpha value is -3.94. The van der Waals surface area contributed by atoms with Crippen LogP contribution in [0, 0.1) is 13.8 Å². The van der Waals surface area contributed by atoms with E-state index in [4.69, 9.17) is 9.73 Å². The molecule has 1 atom stereocenters. The lowest BCUT2D eigenvalue weighted by Gasteiger charge is -2.31. The third kappa shape index (κ3) is 4.26. The topological polar surface area (TPSA) is 48.5 Å². The summed E-state index contributed by atoms with van der Waals surface area (Å²) < 4.78 is 11.6. The summed E-state index contributed by atoms with van der Waals surface area (Å²) in [5.41, 5.74) is 9.89. The maximum atomic E-state index is 14.2. The molecule has 0 N–H and O–H groups in total. The van der Waals surface area contributed by atoms with E-state index in [0.717, 1.165) is 62.5 Å². The monoisotopic (exact) mass is 621 g/mol. The van der Waals surface area contributed by atoms with Crippen molar-refractivity contribution in [3.05, 3.63) is 142 Å². The van der Waals surface area contributed by atoms with Gasteiger partial charge in [0, 0.05) is 32.7 Å². The maximum Gasteiger partial charge on any atom is 0.271 e. The average Bonchev–Trinajstić information content (AvgIpc) is 3.45. The quantitative estimate of drug-likeness (QED) is 0.230. The first-order valence-corrected chi connectivity index (χ1v) is 15.3. The van der Waals surface area contributed by atoms with E-state index >= 15 is 0 Å². The zero-order valence-electron chi connectivity index (χ0n) is 23.0. The summed E-state index contributed by atoms with van der Waals surface area (Å²) >= 11 is 4.99. The van der Waals surface area contributed by atoms with Crippen LogP contribution >= 0.6 is 27.3 Å². The molecule has 0 spiro atoms. The minimum absolute atomic E-state index is 0.0245. The van der Waals surface area contributed by atoms with Crippen LogP contribution in [0.15, 0.2) is 98.7 Å². The van der Waals surface area contributed by atoms with Crippen molar-refractivity contribution in [2.75, 3.05) is 7.11 Å². The van der Waals surface area contributed by atoms with E-state index in [1.165, 1.54) is 22.5 Å². The molecule has 7 rings (SSSR count). The van der Waals surface area contributed by atoms with Crippen LogP contribution in [0.25, 0.3) is 17.5 Å². The Morgan fingerprint density at radius 3 is 2.56 bits per heavy atom. The van der Waals surface area contributed by atoms with Gasteiger partial charge in [0.1, 0.15) is 5.75 Å². The van der Waals surface area contributed by atoms with Crippen LogP contribution in [-0.4, -0.2) is 16.2 Å². The molecule has 204 valence electrons. The number of para-hydroxylation sites is 1. The second-order valence-electron chi connectivity index (χ2n) is 10.5. The Morgan fingerprint density at radius 2 is 1.76 bits per heavy atom. The number of hydrogen-bond acceptors (Lipinski definition) is 4. The highest BCUT2D eigenvalue weighted by atomic mass is 79.9. The standard InChI is InChI=1S/C34H28BrN3O2S/c1-20-18-23(21(2)37(20)25-15-13-24(35)14-16-25)19-30-33(39)38-32(27-10-6-7-11-29(27)40-3)28-17-12-22-8-4-5-9-26(22)31(28)36-34(38)41-30/h4-11,13-16,18-19,32H,12,17H2,1-3H3/b30-19+/t32-/m1/s1.